The molecule has 0 saturated carbocycles. The first kappa shape index (κ1) is 16.8. The van der Waals surface area contributed by atoms with Crippen LogP contribution in [0.1, 0.15) is 43.0 Å². The Hall–Kier alpha value is -2.24. The molecule has 1 aromatic carbocycles. The third-order valence-corrected chi connectivity index (χ3v) is 2.78. The van der Waals surface area contributed by atoms with Crippen molar-refractivity contribution >= 4 is 23.3 Å². The van der Waals surface area contributed by atoms with Gasteiger partial charge in [-0.1, -0.05) is 0 Å². The Labute approximate surface area is 124 Å². The van der Waals surface area contributed by atoms with Gasteiger partial charge in [-0.3, -0.25) is 4.79 Å². The van der Waals surface area contributed by atoms with Crippen molar-refractivity contribution in [3.8, 4) is 0 Å². The lowest BCUT2D eigenvalue weighted by Crippen LogP contribution is -2.08. The number of ether oxygens (including phenoxy) is 2. The quantitative estimate of drug-likeness (QED) is 0.432. The van der Waals surface area contributed by atoms with Crippen LogP contribution in [0.25, 0.3) is 0 Å². The Morgan fingerprint density at radius 2 is 1.67 bits per heavy atom. The molecule has 1 aromatic rings. The van der Waals surface area contributed by atoms with Gasteiger partial charge >= 0.3 is 11.9 Å². The van der Waals surface area contributed by atoms with E-state index in [1.165, 1.54) is 12.1 Å². The smallest absolute Gasteiger partial charge is 0.338 e. The number of hydrogen-bond acceptors (Lipinski definition) is 6. The summed E-state index contributed by atoms with van der Waals surface area (Å²) in [5, 5.41) is 0. The molecule has 0 aliphatic carbocycles. The van der Waals surface area contributed by atoms with E-state index in [0.29, 0.717) is 43.0 Å². The maximum atomic E-state index is 11.8. The van der Waals surface area contributed by atoms with E-state index in [0.717, 1.165) is 12.8 Å². The number of nitrogen functional groups attached to an aromatic ring is 2. The molecule has 0 aliphatic rings. The van der Waals surface area contributed by atoms with Crippen molar-refractivity contribution in [1.29, 1.82) is 0 Å². The molecule has 0 aromatic heterocycles. The van der Waals surface area contributed by atoms with Crippen molar-refractivity contribution in [3.05, 3.63) is 23.8 Å². The fraction of sp³-hybridized carbons (Fsp3) is 0.467. The number of carbonyl (C=O) groups excluding carboxylic acids is 2. The summed E-state index contributed by atoms with van der Waals surface area (Å²) in [6, 6.07) is 4.63. The van der Waals surface area contributed by atoms with Crippen LogP contribution in [0.3, 0.4) is 0 Å². The maximum absolute atomic E-state index is 11.8. The van der Waals surface area contributed by atoms with Crippen LogP contribution in [0, 0.1) is 0 Å². The van der Waals surface area contributed by atoms with Gasteiger partial charge in [0, 0.05) is 17.8 Å². The lowest BCUT2D eigenvalue weighted by molar-refractivity contribution is -0.143. The molecule has 0 aliphatic heterocycles. The molecule has 6 nitrogen and oxygen atoms in total. The number of benzene rings is 1. The van der Waals surface area contributed by atoms with Crippen LogP contribution in [0.2, 0.25) is 0 Å². The summed E-state index contributed by atoms with van der Waals surface area (Å²) in [7, 11) is 0. The summed E-state index contributed by atoms with van der Waals surface area (Å²) in [5.41, 5.74) is 12.4. The molecule has 116 valence electrons. The average molecular weight is 294 g/mol. The SMILES string of the molecule is CCOC(=O)CCCCCOC(=O)c1cc(N)cc(N)c1. The van der Waals surface area contributed by atoms with Crippen molar-refractivity contribution in [3.63, 3.8) is 0 Å². The van der Waals surface area contributed by atoms with E-state index in [1.807, 2.05) is 0 Å². The van der Waals surface area contributed by atoms with Gasteiger partial charge < -0.3 is 20.9 Å². The van der Waals surface area contributed by atoms with Gasteiger partial charge in [0.1, 0.15) is 0 Å². The van der Waals surface area contributed by atoms with Crippen LogP contribution in [-0.4, -0.2) is 25.2 Å². The minimum atomic E-state index is -0.445. The molecule has 0 radical (unpaired) electrons. The minimum absolute atomic E-state index is 0.190. The van der Waals surface area contributed by atoms with Crippen molar-refractivity contribution in [2.45, 2.75) is 32.6 Å². The van der Waals surface area contributed by atoms with Gasteiger partial charge in [0.05, 0.1) is 18.8 Å². The number of unbranched alkanes of at least 4 members (excludes halogenated alkanes) is 2. The van der Waals surface area contributed by atoms with Crippen LogP contribution < -0.4 is 11.5 Å². The molecule has 0 saturated heterocycles. The topological polar surface area (TPSA) is 105 Å². The van der Waals surface area contributed by atoms with Gasteiger partial charge in [-0.2, -0.15) is 0 Å². The molecule has 0 unspecified atom stereocenters. The maximum Gasteiger partial charge on any atom is 0.338 e. The second-order valence-corrected chi connectivity index (χ2v) is 4.64. The van der Waals surface area contributed by atoms with Crippen LogP contribution in [0.4, 0.5) is 11.4 Å². The number of anilines is 2. The van der Waals surface area contributed by atoms with Crippen LogP contribution >= 0.6 is 0 Å². The first-order valence-electron chi connectivity index (χ1n) is 7.01. The molecule has 21 heavy (non-hydrogen) atoms. The highest BCUT2D eigenvalue weighted by molar-refractivity contribution is 5.91. The largest absolute Gasteiger partial charge is 0.466 e. The van der Waals surface area contributed by atoms with Crippen molar-refractivity contribution < 1.29 is 19.1 Å². The summed E-state index contributed by atoms with van der Waals surface area (Å²) in [5.74, 6) is -0.635. The molecular weight excluding hydrogens is 272 g/mol. The predicted molar refractivity (Wildman–Crippen MR) is 80.7 cm³/mol. The van der Waals surface area contributed by atoms with Crippen molar-refractivity contribution in [1.82, 2.24) is 0 Å². The Bertz CT molecular complexity index is 468. The fourth-order valence-electron chi connectivity index (χ4n) is 1.82. The molecule has 1 rings (SSSR count). The van der Waals surface area contributed by atoms with Gasteiger partial charge in [-0.05, 0) is 44.4 Å². The Balaban J connectivity index is 2.20. The number of carbonyl (C=O) groups is 2. The average Bonchev–Trinajstić information content (AvgIpc) is 2.41. The summed E-state index contributed by atoms with van der Waals surface area (Å²) in [6.07, 6.45) is 2.61. The highest BCUT2D eigenvalue weighted by Crippen LogP contribution is 2.14. The number of nitrogens with two attached hydrogens (primary N) is 2. The first-order chi connectivity index (χ1) is 10.0. The van der Waals surface area contributed by atoms with Gasteiger partial charge in [0.15, 0.2) is 0 Å². The number of esters is 2. The summed E-state index contributed by atoms with van der Waals surface area (Å²) in [6.45, 7) is 2.48. The van der Waals surface area contributed by atoms with Crippen LogP contribution in [-0.2, 0) is 14.3 Å². The zero-order valence-corrected chi connectivity index (χ0v) is 12.3. The monoisotopic (exact) mass is 294 g/mol. The molecule has 0 spiro atoms. The fourth-order valence-corrected chi connectivity index (χ4v) is 1.82. The zero-order chi connectivity index (χ0) is 15.7. The van der Waals surface area contributed by atoms with E-state index < -0.39 is 5.97 Å². The Kier molecular flexibility index (Phi) is 7.08. The van der Waals surface area contributed by atoms with Gasteiger partial charge in [0.25, 0.3) is 0 Å². The van der Waals surface area contributed by atoms with Gasteiger partial charge in [-0.25, -0.2) is 4.79 Å². The minimum Gasteiger partial charge on any atom is -0.466 e. The van der Waals surface area contributed by atoms with Crippen molar-refractivity contribution in [2.75, 3.05) is 24.7 Å². The van der Waals surface area contributed by atoms with Crippen molar-refractivity contribution in [2.24, 2.45) is 0 Å². The van der Waals surface area contributed by atoms with E-state index in [-0.39, 0.29) is 5.97 Å². The number of rotatable bonds is 8. The molecule has 4 N–H and O–H groups in total. The summed E-state index contributed by atoms with van der Waals surface area (Å²) < 4.78 is 9.95. The van der Waals surface area contributed by atoms with E-state index >= 15 is 0 Å². The van der Waals surface area contributed by atoms with E-state index in [4.69, 9.17) is 20.9 Å². The van der Waals surface area contributed by atoms with E-state index in [2.05, 4.69) is 0 Å². The lowest BCUT2D eigenvalue weighted by atomic mass is 10.2. The van der Waals surface area contributed by atoms with E-state index in [9.17, 15) is 9.59 Å². The predicted octanol–water partition coefficient (Wildman–Crippen LogP) is 2.13. The third-order valence-electron chi connectivity index (χ3n) is 2.78. The number of hydrogen-bond donors (Lipinski definition) is 2. The highest BCUT2D eigenvalue weighted by Gasteiger charge is 2.08. The second kappa shape index (κ2) is 8.84. The van der Waals surface area contributed by atoms with Crippen LogP contribution in [0.5, 0.6) is 0 Å². The molecular formula is C15H22N2O4. The highest BCUT2D eigenvalue weighted by atomic mass is 16.5. The zero-order valence-electron chi connectivity index (χ0n) is 12.3. The van der Waals surface area contributed by atoms with E-state index in [1.54, 1.807) is 13.0 Å². The molecule has 0 heterocycles. The Morgan fingerprint density at radius 3 is 2.29 bits per heavy atom. The first-order valence-corrected chi connectivity index (χ1v) is 7.01. The molecule has 6 heteroatoms. The normalized spacial score (nSPS) is 10.1. The van der Waals surface area contributed by atoms with Crippen LogP contribution in [0.15, 0.2) is 18.2 Å². The molecule has 0 atom stereocenters. The summed E-state index contributed by atoms with van der Waals surface area (Å²) >= 11 is 0. The third kappa shape index (κ3) is 6.65. The standard InChI is InChI=1S/C15H22N2O4/c1-2-20-14(18)6-4-3-5-7-21-15(19)11-8-12(16)10-13(17)9-11/h8-10H,2-7,16-17H2,1H3. The second-order valence-electron chi connectivity index (χ2n) is 4.64. The lowest BCUT2D eigenvalue weighted by Gasteiger charge is -2.06. The molecule has 0 amide bonds. The molecule has 0 bridgehead atoms. The van der Waals surface area contributed by atoms with Gasteiger partial charge in [0.2, 0.25) is 0 Å². The van der Waals surface area contributed by atoms with Gasteiger partial charge in [-0.15, -0.1) is 0 Å². The Morgan fingerprint density at radius 1 is 1.00 bits per heavy atom. The summed E-state index contributed by atoms with van der Waals surface area (Å²) in [4.78, 5) is 22.9. The molecule has 0 fully saturated rings.